The average molecular weight is 299 g/mol. The molecule has 1 aromatic rings. The molecule has 0 aromatic carbocycles. The lowest BCUT2D eigenvalue weighted by Crippen LogP contribution is -2.65. The van der Waals surface area contributed by atoms with Crippen LogP contribution in [-0.2, 0) is 19.4 Å². The fourth-order valence-corrected chi connectivity index (χ4v) is 3.29. The SMILES string of the molecule is Cc1ccc(/C=C/C(=O)NC2(CS(C)(=O)=O)COC2)o1. The molecular weight excluding hydrogens is 282 g/mol. The Morgan fingerprint density at radius 2 is 2.15 bits per heavy atom. The standard InChI is InChI=1S/C13H17NO5S/c1-10-3-4-11(19-10)5-6-12(15)14-13(7-18-8-13)9-20(2,16)17/h3-6H,7-9H2,1-2H3,(H,14,15)/b6-5+. The van der Waals surface area contributed by atoms with E-state index in [-0.39, 0.29) is 24.9 Å². The van der Waals surface area contributed by atoms with Gasteiger partial charge in [-0.15, -0.1) is 0 Å². The Hall–Kier alpha value is -1.60. The third kappa shape index (κ3) is 3.94. The maximum absolute atomic E-state index is 11.8. The smallest absolute Gasteiger partial charge is 0.244 e. The van der Waals surface area contributed by atoms with Crippen molar-refractivity contribution < 1.29 is 22.4 Å². The molecule has 1 fully saturated rings. The van der Waals surface area contributed by atoms with E-state index in [1.807, 2.05) is 6.92 Å². The molecule has 110 valence electrons. The van der Waals surface area contributed by atoms with Gasteiger partial charge in [0.15, 0.2) is 0 Å². The zero-order valence-corrected chi connectivity index (χ0v) is 12.2. The molecule has 0 unspecified atom stereocenters. The molecule has 0 aliphatic carbocycles. The predicted molar refractivity (Wildman–Crippen MR) is 73.9 cm³/mol. The zero-order valence-electron chi connectivity index (χ0n) is 11.4. The van der Waals surface area contributed by atoms with Crippen LogP contribution < -0.4 is 5.32 Å². The largest absolute Gasteiger partial charge is 0.462 e. The highest BCUT2D eigenvalue weighted by molar-refractivity contribution is 7.90. The summed E-state index contributed by atoms with van der Waals surface area (Å²) < 4.78 is 33.1. The van der Waals surface area contributed by atoms with Gasteiger partial charge in [0.25, 0.3) is 0 Å². The van der Waals surface area contributed by atoms with Crippen LogP contribution in [-0.4, -0.2) is 45.1 Å². The Morgan fingerprint density at radius 1 is 1.45 bits per heavy atom. The van der Waals surface area contributed by atoms with E-state index in [9.17, 15) is 13.2 Å². The quantitative estimate of drug-likeness (QED) is 0.802. The number of carbonyl (C=O) groups is 1. The normalized spacial score (nSPS) is 17.9. The Labute approximate surface area is 117 Å². The third-order valence-electron chi connectivity index (χ3n) is 2.84. The summed E-state index contributed by atoms with van der Waals surface area (Å²) in [6.07, 6.45) is 4.00. The lowest BCUT2D eigenvalue weighted by molar-refractivity contribution is -0.126. The minimum absolute atomic E-state index is 0.126. The second-order valence-corrected chi connectivity index (χ2v) is 7.25. The number of ether oxygens (including phenoxy) is 1. The van der Waals surface area contributed by atoms with Crippen LogP contribution in [0.1, 0.15) is 11.5 Å². The zero-order chi connectivity index (χ0) is 14.8. The average Bonchev–Trinajstić information content (AvgIpc) is 2.68. The summed E-state index contributed by atoms with van der Waals surface area (Å²) in [7, 11) is -3.19. The van der Waals surface area contributed by atoms with Gasteiger partial charge in [0.2, 0.25) is 5.91 Å². The summed E-state index contributed by atoms with van der Waals surface area (Å²) >= 11 is 0. The predicted octanol–water partition coefficient (Wildman–Crippen LogP) is 0.531. The van der Waals surface area contributed by atoms with Gasteiger partial charge in [-0.25, -0.2) is 8.42 Å². The number of furan rings is 1. The monoisotopic (exact) mass is 299 g/mol. The van der Waals surface area contributed by atoms with E-state index in [0.29, 0.717) is 5.76 Å². The lowest BCUT2D eigenvalue weighted by atomic mass is 10.0. The Morgan fingerprint density at radius 3 is 2.60 bits per heavy atom. The number of aryl methyl sites for hydroxylation is 1. The number of nitrogens with one attached hydrogen (secondary N) is 1. The summed E-state index contributed by atoms with van der Waals surface area (Å²) in [4.78, 5) is 11.8. The summed E-state index contributed by atoms with van der Waals surface area (Å²) in [5.41, 5.74) is -0.811. The van der Waals surface area contributed by atoms with Crippen molar-refractivity contribution >= 4 is 21.8 Å². The Kier molecular flexibility index (Phi) is 4.01. The van der Waals surface area contributed by atoms with Gasteiger partial charge in [0.05, 0.1) is 19.0 Å². The van der Waals surface area contributed by atoms with Crippen molar-refractivity contribution in [1.82, 2.24) is 5.32 Å². The molecule has 1 N–H and O–H groups in total. The van der Waals surface area contributed by atoms with Gasteiger partial charge in [-0.2, -0.15) is 0 Å². The molecule has 1 aromatic heterocycles. The molecule has 7 heteroatoms. The number of carbonyl (C=O) groups excluding carboxylic acids is 1. The topological polar surface area (TPSA) is 85.6 Å². The van der Waals surface area contributed by atoms with Crippen molar-refractivity contribution in [2.24, 2.45) is 0 Å². The second-order valence-electron chi connectivity index (χ2n) is 5.11. The van der Waals surface area contributed by atoms with Crippen molar-refractivity contribution in [1.29, 1.82) is 0 Å². The Bertz CT molecular complexity index is 625. The highest BCUT2D eigenvalue weighted by Crippen LogP contribution is 2.19. The maximum Gasteiger partial charge on any atom is 0.244 e. The van der Waals surface area contributed by atoms with E-state index in [4.69, 9.17) is 9.15 Å². The molecule has 20 heavy (non-hydrogen) atoms. The number of hydrogen-bond acceptors (Lipinski definition) is 5. The van der Waals surface area contributed by atoms with Crippen LogP contribution in [0.2, 0.25) is 0 Å². The van der Waals surface area contributed by atoms with Gasteiger partial charge in [0.1, 0.15) is 26.9 Å². The van der Waals surface area contributed by atoms with Crippen LogP contribution in [0.3, 0.4) is 0 Å². The van der Waals surface area contributed by atoms with Gasteiger partial charge in [-0.1, -0.05) is 0 Å². The van der Waals surface area contributed by atoms with Crippen LogP contribution in [0.4, 0.5) is 0 Å². The van der Waals surface area contributed by atoms with E-state index in [2.05, 4.69) is 5.32 Å². The fourth-order valence-electron chi connectivity index (χ4n) is 2.05. The molecule has 0 atom stereocenters. The van der Waals surface area contributed by atoms with Crippen LogP contribution in [0.25, 0.3) is 6.08 Å². The molecule has 0 bridgehead atoms. The first-order valence-electron chi connectivity index (χ1n) is 6.10. The molecule has 0 spiro atoms. The minimum Gasteiger partial charge on any atom is -0.462 e. The van der Waals surface area contributed by atoms with Gasteiger partial charge >= 0.3 is 0 Å². The number of sulfone groups is 1. The summed E-state index contributed by atoms with van der Waals surface area (Å²) in [5.74, 6) is 0.830. The van der Waals surface area contributed by atoms with Crippen molar-refractivity contribution in [3.05, 3.63) is 29.7 Å². The first kappa shape index (κ1) is 14.8. The van der Waals surface area contributed by atoms with Crippen LogP contribution in [0, 0.1) is 6.92 Å². The van der Waals surface area contributed by atoms with E-state index >= 15 is 0 Å². The molecule has 1 aliphatic heterocycles. The van der Waals surface area contributed by atoms with Crippen LogP contribution in [0.5, 0.6) is 0 Å². The molecule has 0 saturated carbocycles. The molecular formula is C13H17NO5S. The molecule has 0 radical (unpaired) electrons. The van der Waals surface area contributed by atoms with Crippen molar-refractivity contribution in [2.75, 3.05) is 25.2 Å². The van der Waals surface area contributed by atoms with Crippen LogP contribution in [0.15, 0.2) is 22.6 Å². The molecule has 1 saturated heterocycles. The lowest BCUT2D eigenvalue weighted by Gasteiger charge is -2.41. The molecule has 1 aliphatic rings. The molecule has 2 heterocycles. The number of amides is 1. The van der Waals surface area contributed by atoms with E-state index in [0.717, 1.165) is 12.0 Å². The van der Waals surface area contributed by atoms with Crippen LogP contribution >= 0.6 is 0 Å². The second kappa shape index (κ2) is 5.41. The first-order chi connectivity index (χ1) is 9.28. The van der Waals surface area contributed by atoms with Gasteiger partial charge in [-0.05, 0) is 25.1 Å². The molecule has 2 rings (SSSR count). The highest BCUT2D eigenvalue weighted by Gasteiger charge is 2.42. The fraction of sp³-hybridized carbons (Fsp3) is 0.462. The van der Waals surface area contributed by atoms with Gasteiger partial charge < -0.3 is 14.5 Å². The van der Waals surface area contributed by atoms with E-state index in [1.165, 1.54) is 12.2 Å². The number of hydrogen-bond donors (Lipinski definition) is 1. The third-order valence-corrected chi connectivity index (χ3v) is 3.92. The van der Waals surface area contributed by atoms with Gasteiger partial charge in [-0.3, -0.25) is 4.79 Å². The van der Waals surface area contributed by atoms with Crippen molar-refractivity contribution in [3.63, 3.8) is 0 Å². The van der Waals surface area contributed by atoms with Crippen molar-refractivity contribution in [2.45, 2.75) is 12.5 Å². The van der Waals surface area contributed by atoms with Crippen molar-refractivity contribution in [3.8, 4) is 0 Å². The maximum atomic E-state index is 11.8. The summed E-state index contributed by atoms with van der Waals surface area (Å²) in [6, 6.07) is 3.54. The van der Waals surface area contributed by atoms with E-state index < -0.39 is 15.4 Å². The highest BCUT2D eigenvalue weighted by atomic mass is 32.2. The number of rotatable bonds is 5. The Balaban J connectivity index is 1.98. The molecule has 1 amide bonds. The minimum atomic E-state index is -3.19. The van der Waals surface area contributed by atoms with Gasteiger partial charge in [0, 0.05) is 12.3 Å². The summed E-state index contributed by atoms with van der Waals surface area (Å²) in [6.45, 7) is 2.23. The first-order valence-corrected chi connectivity index (χ1v) is 8.16. The summed E-state index contributed by atoms with van der Waals surface area (Å²) in [5, 5.41) is 2.69. The van der Waals surface area contributed by atoms with E-state index in [1.54, 1.807) is 12.1 Å². The molecule has 6 nitrogen and oxygen atoms in total.